The fourth-order valence-electron chi connectivity index (χ4n) is 4.26. The van der Waals surface area contributed by atoms with Gasteiger partial charge in [0.05, 0.1) is 0 Å². The molecule has 1 saturated heterocycles. The smallest absolute Gasteiger partial charge is 0.408 e. The Labute approximate surface area is 189 Å². The van der Waals surface area contributed by atoms with Gasteiger partial charge in [0.15, 0.2) is 6.10 Å². The molecule has 32 heavy (non-hydrogen) atoms. The molecule has 1 aliphatic carbocycles. The number of carbonyl (C=O) groups is 3. The summed E-state index contributed by atoms with van der Waals surface area (Å²) in [6, 6.07) is 9.71. The maximum atomic E-state index is 12.9. The zero-order valence-electron chi connectivity index (χ0n) is 19.2. The molecule has 3 amide bonds. The van der Waals surface area contributed by atoms with Crippen LogP contribution in [0, 0.1) is 11.8 Å². The number of benzene rings is 1. The Morgan fingerprint density at radius 1 is 1.22 bits per heavy atom. The SMILES string of the molecule is CC(C)C[C@H](OC(=O)NC1(Cc2ccccc2)CC1)C(=O)N[C@@H](C)C[C@@H]1CCN(O)C1=O. The standard InChI is InChI=1S/C24H35N3O5/c1-16(2)13-20(21(28)25-17(3)14-19-9-12-27(31)22(19)29)32-23(30)26-24(10-11-24)15-18-7-5-4-6-8-18/h4-8,16-17,19-20,31H,9-15H2,1-3H3,(H,25,28)(H,26,30)/t17-,19-,20-/m0/s1. The highest BCUT2D eigenvalue weighted by atomic mass is 16.6. The summed E-state index contributed by atoms with van der Waals surface area (Å²) in [5.74, 6) is -0.822. The molecule has 1 aromatic rings. The molecule has 0 unspecified atom stereocenters. The minimum atomic E-state index is -0.904. The Morgan fingerprint density at radius 3 is 2.47 bits per heavy atom. The van der Waals surface area contributed by atoms with Crippen LogP contribution in [0.5, 0.6) is 0 Å². The second-order valence-corrected chi connectivity index (χ2v) is 9.68. The van der Waals surface area contributed by atoms with Gasteiger partial charge in [0.2, 0.25) is 5.91 Å². The molecule has 0 spiro atoms. The van der Waals surface area contributed by atoms with Crippen LogP contribution in [0.3, 0.4) is 0 Å². The predicted molar refractivity (Wildman–Crippen MR) is 119 cm³/mol. The molecule has 2 aliphatic rings. The summed E-state index contributed by atoms with van der Waals surface area (Å²) >= 11 is 0. The van der Waals surface area contributed by atoms with Crippen molar-refractivity contribution >= 4 is 17.9 Å². The first kappa shape index (κ1) is 24.0. The van der Waals surface area contributed by atoms with E-state index in [4.69, 9.17) is 4.74 Å². The first-order chi connectivity index (χ1) is 15.2. The second kappa shape index (κ2) is 10.3. The summed E-state index contributed by atoms with van der Waals surface area (Å²) in [7, 11) is 0. The first-order valence-electron chi connectivity index (χ1n) is 11.5. The molecule has 176 valence electrons. The highest BCUT2D eigenvalue weighted by molar-refractivity contribution is 5.84. The Hall–Kier alpha value is -2.61. The fraction of sp³-hybridized carbons (Fsp3) is 0.625. The third-order valence-electron chi connectivity index (χ3n) is 6.15. The van der Waals surface area contributed by atoms with E-state index in [-0.39, 0.29) is 35.2 Å². The Bertz CT molecular complexity index is 809. The summed E-state index contributed by atoms with van der Waals surface area (Å²) < 4.78 is 5.57. The van der Waals surface area contributed by atoms with E-state index in [0.29, 0.717) is 25.8 Å². The summed E-state index contributed by atoms with van der Waals surface area (Å²) in [5, 5.41) is 16.1. The van der Waals surface area contributed by atoms with E-state index >= 15 is 0 Å². The number of alkyl carbamates (subject to hydrolysis) is 1. The first-order valence-corrected chi connectivity index (χ1v) is 11.5. The van der Waals surface area contributed by atoms with Crippen molar-refractivity contribution in [3.63, 3.8) is 0 Å². The number of hydrogen-bond donors (Lipinski definition) is 3. The molecule has 8 nitrogen and oxygen atoms in total. The van der Waals surface area contributed by atoms with Crippen molar-refractivity contribution in [3.8, 4) is 0 Å². The molecule has 3 N–H and O–H groups in total. The van der Waals surface area contributed by atoms with E-state index in [2.05, 4.69) is 10.6 Å². The molecule has 1 saturated carbocycles. The number of hydrogen-bond acceptors (Lipinski definition) is 5. The average molecular weight is 446 g/mol. The molecule has 1 heterocycles. The van der Waals surface area contributed by atoms with Crippen LogP contribution in [0.25, 0.3) is 0 Å². The van der Waals surface area contributed by atoms with Gasteiger partial charge in [-0.05, 0) is 56.9 Å². The average Bonchev–Trinajstić information content (AvgIpc) is 3.40. The number of ether oxygens (including phenoxy) is 1. The highest BCUT2D eigenvalue weighted by Gasteiger charge is 2.45. The van der Waals surface area contributed by atoms with Crippen LogP contribution in [0.1, 0.15) is 58.4 Å². The van der Waals surface area contributed by atoms with Gasteiger partial charge in [-0.3, -0.25) is 14.8 Å². The number of carbonyl (C=O) groups excluding carboxylic acids is 3. The minimum Gasteiger partial charge on any atom is -0.436 e. The Morgan fingerprint density at radius 2 is 1.91 bits per heavy atom. The van der Waals surface area contributed by atoms with Crippen molar-refractivity contribution in [1.29, 1.82) is 0 Å². The summed E-state index contributed by atoms with van der Waals surface area (Å²) in [6.07, 6.45) is 2.42. The molecular formula is C24H35N3O5. The quantitative estimate of drug-likeness (QED) is 0.480. The lowest BCUT2D eigenvalue weighted by molar-refractivity contribution is -0.160. The van der Waals surface area contributed by atoms with E-state index in [1.54, 1.807) is 0 Å². The van der Waals surface area contributed by atoms with Crippen molar-refractivity contribution < 1.29 is 24.3 Å². The maximum Gasteiger partial charge on any atom is 0.408 e. The number of hydroxylamine groups is 2. The third kappa shape index (κ3) is 6.69. The summed E-state index contributed by atoms with van der Waals surface area (Å²) in [6.45, 7) is 6.07. The molecule has 3 rings (SSSR count). The van der Waals surface area contributed by atoms with Gasteiger partial charge in [0.25, 0.3) is 5.91 Å². The van der Waals surface area contributed by atoms with Crippen molar-refractivity contribution in [2.75, 3.05) is 6.54 Å². The lowest BCUT2D eigenvalue weighted by atomic mass is 9.98. The van der Waals surface area contributed by atoms with Crippen molar-refractivity contribution in [3.05, 3.63) is 35.9 Å². The summed E-state index contributed by atoms with van der Waals surface area (Å²) in [5.41, 5.74) is 0.849. The van der Waals surface area contributed by atoms with Crippen LogP contribution in [-0.2, 0) is 20.7 Å². The normalized spacial score (nSPS) is 21.2. The van der Waals surface area contributed by atoms with Gasteiger partial charge in [-0.1, -0.05) is 44.2 Å². The zero-order valence-corrected chi connectivity index (χ0v) is 19.2. The van der Waals surface area contributed by atoms with Gasteiger partial charge in [0, 0.05) is 24.0 Å². The lowest BCUT2D eigenvalue weighted by Crippen LogP contribution is -2.47. The Balaban J connectivity index is 1.53. The van der Waals surface area contributed by atoms with Crippen molar-refractivity contribution in [2.24, 2.45) is 11.8 Å². The largest absolute Gasteiger partial charge is 0.436 e. The number of rotatable bonds is 10. The highest BCUT2D eigenvalue weighted by Crippen LogP contribution is 2.38. The molecule has 0 radical (unpaired) electrons. The summed E-state index contributed by atoms with van der Waals surface area (Å²) in [4.78, 5) is 37.4. The maximum absolute atomic E-state index is 12.9. The molecule has 3 atom stereocenters. The molecule has 8 heteroatoms. The molecule has 1 aromatic carbocycles. The second-order valence-electron chi connectivity index (χ2n) is 9.68. The molecule has 0 bridgehead atoms. The fourth-order valence-corrected chi connectivity index (χ4v) is 4.26. The van der Waals surface area contributed by atoms with Crippen LogP contribution < -0.4 is 10.6 Å². The van der Waals surface area contributed by atoms with E-state index in [1.807, 2.05) is 51.1 Å². The number of nitrogens with zero attached hydrogens (tertiary/aromatic N) is 1. The van der Waals surface area contributed by atoms with E-state index < -0.39 is 12.2 Å². The van der Waals surface area contributed by atoms with E-state index in [1.165, 1.54) is 0 Å². The van der Waals surface area contributed by atoms with Crippen molar-refractivity contribution in [2.45, 2.75) is 77.0 Å². The van der Waals surface area contributed by atoms with Gasteiger partial charge < -0.3 is 15.4 Å². The van der Waals surface area contributed by atoms with E-state index in [0.717, 1.165) is 29.9 Å². The molecule has 1 aliphatic heterocycles. The number of amides is 3. The topological polar surface area (TPSA) is 108 Å². The third-order valence-corrected chi connectivity index (χ3v) is 6.15. The predicted octanol–water partition coefficient (Wildman–Crippen LogP) is 3.04. The van der Waals surface area contributed by atoms with Crippen LogP contribution in [0.4, 0.5) is 4.79 Å². The van der Waals surface area contributed by atoms with Gasteiger partial charge in [0.1, 0.15) is 0 Å². The van der Waals surface area contributed by atoms with Gasteiger partial charge in [-0.15, -0.1) is 0 Å². The molecule has 0 aromatic heterocycles. The van der Waals surface area contributed by atoms with Crippen LogP contribution in [0.2, 0.25) is 0 Å². The minimum absolute atomic E-state index is 0.160. The number of nitrogens with one attached hydrogen (secondary N) is 2. The van der Waals surface area contributed by atoms with Gasteiger partial charge in [-0.25, -0.2) is 9.86 Å². The Kier molecular flexibility index (Phi) is 7.77. The van der Waals surface area contributed by atoms with E-state index in [9.17, 15) is 19.6 Å². The molecular weight excluding hydrogens is 410 g/mol. The van der Waals surface area contributed by atoms with Crippen LogP contribution >= 0.6 is 0 Å². The molecule has 2 fully saturated rings. The zero-order chi connectivity index (χ0) is 23.3. The van der Waals surface area contributed by atoms with Crippen LogP contribution in [-0.4, -0.2) is 52.4 Å². The monoisotopic (exact) mass is 445 g/mol. The van der Waals surface area contributed by atoms with Crippen molar-refractivity contribution in [1.82, 2.24) is 15.7 Å². The van der Waals surface area contributed by atoms with Gasteiger partial charge >= 0.3 is 6.09 Å². The lowest BCUT2D eigenvalue weighted by Gasteiger charge is -2.24. The van der Waals surface area contributed by atoms with Gasteiger partial charge in [-0.2, -0.15) is 0 Å². The van der Waals surface area contributed by atoms with Crippen LogP contribution in [0.15, 0.2) is 30.3 Å².